The van der Waals surface area contributed by atoms with E-state index in [-0.39, 0.29) is 24.9 Å². The van der Waals surface area contributed by atoms with Crippen molar-refractivity contribution < 1.29 is 23.8 Å². The molecule has 0 aliphatic carbocycles. The highest BCUT2D eigenvalue weighted by atomic mass is 32.1. The molecule has 10 heteroatoms. The van der Waals surface area contributed by atoms with Crippen molar-refractivity contribution >= 4 is 33.4 Å². The van der Waals surface area contributed by atoms with Gasteiger partial charge in [0.1, 0.15) is 11.4 Å². The Morgan fingerprint density at radius 3 is 2.70 bits per heavy atom. The minimum atomic E-state index is -0.293. The smallest absolute Gasteiger partial charge is 0.307 e. The summed E-state index contributed by atoms with van der Waals surface area (Å²) in [7, 11) is 3.14. The molecule has 0 aromatic carbocycles. The van der Waals surface area contributed by atoms with Gasteiger partial charge in [-0.25, -0.2) is 4.98 Å². The standard InChI is InChI=1S/C23H34N4O5S/c1-6-26-11-8-9-16(26)13-27(12-10-18(28)32-7-2)23(29)20-15(3)19-21(31-5)24-17(14-30-4)25-22(19)33-20/h16H,6-14H2,1-5H3. The van der Waals surface area contributed by atoms with Gasteiger partial charge in [-0.15, -0.1) is 11.3 Å². The van der Waals surface area contributed by atoms with Crippen LogP contribution in [0.25, 0.3) is 10.2 Å². The molecule has 3 heterocycles. The Bertz CT molecular complexity index is 979. The molecule has 0 N–H and O–H groups in total. The number of rotatable bonds is 11. The molecule has 1 amide bonds. The number of esters is 1. The van der Waals surface area contributed by atoms with Gasteiger partial charge in [0.25, 0.3) is 5.91 Å². The molecule has 1 saturated heterocycles. The fourth-order valence-electron chi connectivity index (χ4n) is 4.34. The molecule has 1 aliphatic heterocycles. The number of aromatic nitrogens is 2. The van der Waals surface area contributed by atoms with Gasteiger partial charge >= 0.3 is 5.97 Å². The van der Waals surface area contributed by atoms with Crippen LogP contribution < -0.4 is 4.74 Å². The number of hydrogen-bond acceptors (Lipinski definition) is 9. The number of amides is 1. The highest BCUT2D eigenvalue weighted by molar-refractivity contribution is 7.20. The molecule has 1 fully saturated rings. The van der Waals surface area contributed by atoms with Gasteiger partial charge in [-0.05, 0) is 45.3 Å². The second-order valence-electron chi connectivity index (χ2n) is 8.05. The van der Waals surface area contributed by atoms with Gasteiger partial charge < -0.3 is 19.1 Å². The predicted octanol–water partition coefficient (Wildman–Crippen LogP) is 3.03. The molecule has 0 bridgehead atoms. The first-order valence-corrected chi connectivity index (χ1v) is 12.3. The van der Waals surface area contributed by atoms with Crippen LogP contribution in [-0.4, -0.2) is 84.7 Å². The van der Waals surface area contributed by atoms with E-state index < -0.39 is 0 Å². The van der Waals surface area contributed by atoms with Crippen LogP contribution >= 0.6 is 11.3 Å². The van der Waals surface area contributed by atoms with Gasteiger partial charge in [0.15, 0.2) is 5.82 Å². The van der Waals surface area contributed by atoms with Crippen molar-refractivity contribution in [1.29, 1.82) is 0 Å². The van der Waals surface area contributed by atoms with Crippen LogP contribution in [0.2, 0.25) is 0 Å². The lowest BCUT2D eigenvalue weighted by Gasteiger charge is -2.30. The summed E-state index contributed by atoms with van der Waals surface area (Å²) in [6.07, 6.45) is 2.33. The maximum absolute atomic E-state index is 13.8. The SMILES string of the molecule is CCOC(=O)CCN(CC1CCCN1CC)C(=O)c1sc2nc(COC)nc(OC)c2c1C. The number of hydrogen-bond donors (Lipinski definition) is 0. The number of thiophene rings is 1. The Hall–Kier alpha value is -2.30. The molecule has 1 aliphatic rings. The van der Waals surface area contributed by atoms with E-state index in [4.69, 9.17) is 14.2 Å². The minimum absolute atomic E-state index is 0.0990. The first-order chi connectivity index (χ1) is 15.9. The molecule has 9 nitrogen and oxygen atoms in total. The number of likely N-dealkylation sites (N-methyl/N-ethyl adjacent to an activating group) is 1. The number of fused-ring (bicyclic) bond motifs is 1. The zero-order valence-electron chi connectivity index (χ0n) is 20.2. The Morgan fingerprint density at radius 2 is 2.03 bits per heavy atom. The van der Waals surface area contributed by atoms with E-state index in [1.807, 2.05) is 6.92 Å². The summed E-state index contributed by atoms with van der Waals surface area (Å²) >= 11 is 1.33. The van der Waals surface area contributed by atoms with Crippen LogP contribution in [0.15, 0.2) is 0 Å². The summed E-state index contributed by atoms with van der Waals surface area (Å²) in [4.78, 5) is 40.3. The third kappa shape index (κ3) is 5.80. The van der Waals surface area contributed by atoms with Crippen LogP contribution in [0.1, 0.15) is 54.2 Å². The number of aryl methyl sites for hydroxylation is 1. The molecule has 2 aromatic rings. The topological polar surface area (TPSA) is 94.1 Å². The lowest BCUT2D eigenvalue weighted by atomic mass is 10.1. The Labute approximate surface area is 199 Å². The highest BCUT2D eigenvalue weighted by Crippen LogP contribution is 2.36. The van der Waals surface area contributed by atoms with Crippen LogP contribution in [0.4, 0.5) is 0 Å². The molecule has 0 radical (unpaired) electrons. The van der Waals surface area contributed by atoms with Crippen molar-refractivity contribution in [1.82, 2.24) is 19.8 Å². The van der Waals surface area contributed by atoms with Crippen molar-refractivity contribution in [3.8, 4) is 5.88 Å². The third-order valence-electron chi connectivity index (χ3n) is 5.98. The lowest BCUT2D eigenvalue weighted by Crippen LogP contribution is -2.43. The first kappa shape index (κ1) is 25.3. The van der Waals surface area contributed by atoms with E-state index in [9.17, 15) is 9.59 Å². The van der Waals surface area contributed by atoms with Gasteiger partial charge in [0.05, 0.1) is 30.4 Å². The molecule has 1 atom stereocenters. The second-order valence-corrected chi connectivity index (χ2v) is 9.05. The Kier molecular flexibility index (Phi) is 8.99. The third-order valence-corrected chi connectivity index (χ3v) is 7.15. The number of methoxy groups -OCH3 is 2. The summed E-state index contributed by atoms with van der Waals surface area (Å²) in [5, 5.41) is 0.743. The summed E-state index contributed by atoms with van der Waals surface area (Å²) in [6.45, 7) is 9.29. The number of nitrogens with zero attached hydrogens (tertiary/aromatic N) is 4. The van der Waals surface area contributed by atoms with Crippen molar-refractivity contribution in [2.75, 3.05) is 47.0 Å². The van der Waals surface area contributed by atoms with Crippen molar-refractivity contribution in [2.45, 2.75) is 52.7 Å². The normalized spacial score (nSPS) is 16.3. The van der Waals surface area contributed by atoms with Gasteiger partial charge in [-0.1, -0.05) is 6.92 Å². The van der Waals surface area contributed by atoms with Crippen molar-refractivity contribution in [3.05, 3.63) is 16.3 Å². The Balaban J connectivity index is 1.93. The predicted molar refractivity (Wildman–Crippen MR) is 127 cm³/mol. The molecular weight excluding hydrogens is 444 g/mol. The minimum Gasteiger partial charge on any atom is -0.480 e. The van der Waals surface area contributed by atoms with E-state index in [1.54, 1.807) is 26.0 Å². The van der Waals surface area contributed by atoms with E-state index in [2.05, 4.69) is 21.8 Å². The fraction of sp³-hybridized carbons (Fsp3) is 0.652. The average molecular weight is 479 g/mol. The first-order valence-electron chi connectivity index (χ1n) is 11.4. The molecule has 1 unspecified atom stereocenters. The molecule has 2 aromatic heterocycles. The quantitative estimate of drug-likeness (QED) is 0.455. The molecule has 0 saturated carbocycles. The second kappa shape index (κ2) is 11.7. The summed E-state index contributed by atoms with van der Waals surface area (Å²) < 4.78 is 15.8. The summed E-state index contributed by atoms with van der Waals surface area (Å²) in [6, 6.07) is 0.290. The number of ether oxygens (including phenoxy) is 3. The fourth-order valence-corrected chi connectivity index (χ4v) is 5.50. The number of carbonyl (C=O) groups is 2. The number of carbonyl (C=O) groups excluding carboxylic acids is 2. The van der Waals surface area contributed by atoms with Gasteiger partial charge in [-0.2, -0.15) is 4.98 Å². The Morgan fingerprint density at radius 1 is 1.24 bits per heavy atom. The van der Waals surface area contributed by atoms with E-state index in [0.29, 0.717) is 47.2 Å². The molecule has 3 rings (SSSR count). The van der Waals surface area contributed by atoms with E-state index in [0.717, 1.165) is 36.9 Å². The van der Waals surface area contributed by atoms with Crippen molar-refractivity contribution in [3.63, 3.8) is 0 Å². The maximum atomic E-state index is 13.8. The number of likely N-dealkylation sites (tertiary alicyclic amines) is 1. The average Bonchev–Trinajstić information content (AvgIpc) is 3.39. The van der Waals surface area contributed by atoms with Crippen LogP contribution in [-0.2, 0) is 20.9 Å². The molecule has 33 heavy (non-hydrogen) atoms. The summed E-state index contributed by atoms with van der Waals surface area (Å²) in [5.74, 6) is 0.550. The zero-order chi connectivity index (χ0) is 24.0. The van der Waals surface area contributed by atoms with E-state index >= 15 is 0 Å². The summed E-state index contributed by atoms with van der Waals surface area (Å²) in [5.41, 5.74) is 0.792. The van der Waals surface area contributed by atoms with Crippen molar-refractivity contribution in [2.24, 2.45) is 0 Å². The maximum Gasteiger partial charge on any atom is 0.307 e. The lowest BCUT2D eigenvalue weighted by molar-refractivity contribution is -0.143. The van der Waals surface area contributed by atoms with Gasteiger partial charge in [0, 0.05) is 26.2 Å². The molecule has 182 valence electrons. The zero-order valence-corrected chi connectivity index (χ0v) is 21.0. The van der Waals surface area contributed by atoms with Crippen LogP contribution in [0.3, 0.4) is 0 Å². The highest BCUT2D eigenvalue weighted by Gasteiger charge is 2.30. The molecule has 0 spiro atoms. The monoisotopic (exact) mass is 478 g/mol. The largest absolute Gasteiger partial charge is 0.480 e. The molecular formula is C23H34N4O5S. The van der Waals surface area contributed by atoms with Gasteiger partial charge in [-0.3, -0.25) is 14.5 Å². The van der Waals surface area contributed by atoms with Crippen LogP contribution in [0.5, 0.6) is 5.88 Å². The van der Waals surface area contributed by atoms with E-state index in [1.165, 1.54) is 11.3 Å². The van der Waals surface area contributed by atoms with Crippen LogP contribution in [0, 0.1) is 6.92 Å². The van der Waals surface area contributed by atoms with Gasteiger partial charge in [0.2, 0.25) is 5.88 Å².